The van der Waals surface area contributed by atoms with Crippen LogP contribution in [-0.4, -0.2) is 26.0 Å². The van der Waals surface area contributed by atoms with E-state index in [1.54, 1.807) is 13.0 Å². The summed E-state index contributed by atoms with van der Waals surface area (Å²) in [5, 5.41) is 2.54. The number of halogens is 1. The summed E-state index contributed by atoms with van der Waals surface area (Å²) in [6, 6.07) is 11.1. The topological polar surface area (TPSA) is 83.6 Å². The number of benzene rings is 2. The molecule has 1 heterocycles. The van der Waals surface area contributed by atoms with Crippen LogP contribution in [0.1, 0.15) is 17.3 Å². The molecule has 1 aliphatic rings. The van der Waals surface area contributed by atoms with Gasteiger partial charge in [-0.05, 0) is 42.5 Å². The lowest BCUT2D eigenvalue weighted by Gasteiger charge is -2.15. The van der Waals surface area contributed by atoms with Crippen LogP contribution in [0.4, 0.5) is 15.8 Å². The number of rotatable bonds is 3. The summed E-state index contributed by atoms with van der Waals surface area (Å²) in [4.78, 5) is 24.2. The van der Waals surface area contributed by atoms with Gasteiger partial charge in [0.25, 0.3) is 5.91 Å². The van der Waals surface area contributed by atoms with Gasteiger partial charge in [0.2, 0.25) is 15.9 Å². The Morgan fingerprint density at radius 1 is 1.20 bits per heavy atom. The third kappa shape index (κ3) is 3.39. The molecule has 0 bridgehead atoms. The fourth-order valence-corrected chi connectivity index (χ4v) is 4.43. The van der Waals surface area contributed by atoms with Crippen molar-refractivity contribution in [3.8, 4) is 0 Å². The second-order valence-electron chi connectivity index (χ2n) is 5.79. The number of carbonyl (C=O) groups is 2. The van der Waals surface area contributed by atoms with Crippen molar-refractivity contribution >= 4 is 33.2 Å². The monoisotopic (exact) mass is 362 g/mol. The van der Waals surface area contributed by atoms with Crippen molar-refractivity contribution < 1.29 is 22.4 Å². The Balaban J connectivity index is 1.81. The van der Waals surface area contributed by atoms with Gasteiger partial charge in [0, 0.05) is 11.3 Å². The summed E-state index contributed by atoms with van der Waals surface area (Å²) >= 11 is 0. The van der Waals surface area contributed by atoms with Crippen molar-refractivity contribution in [2.24, 2.45) is 5.92 Å². The lowest BCUT2D eigenvalue weighted by atomic mass is 10.1. The van der Waals surface area contributed by atoms with E-state index in [4.69, 9.17) is 0 Å². The molecule has 0 spiro atoms. The summed E-state index contributed by atoms with van der Waals surface area (Å²) in [7, 11) is -3.68. The zero-order chi connectivity index (χ0) is 18.2. The van der Waals surface area contributed by atoms with Crippen LogP contribution in [0.25, 0.3) is 0 Å². The normalized spacial score (nSPS) is 19.0. The van der Waals surface area contributed by atoms with Gasteiger partial charge in [-0.3, -0.25) is 9.59 Å². The molecule has 0 aliphatic carbocycles. The SMILES string of the molecule is CC1CS(=O)(=O)N(c2ccc(C(=O)Nc3cccc(F)c3)cc2)C1=O. The maximum absolute atomic E-state index is 13.1. The third-order valence-electron chi connectivity index (χ3n) is 3.81. The molecule has 1 unspecified atom stereocenters. The molecule has 8 heteroatoms. The minimum Gasteiger partial charge on any atom is -0.322 e. The van der Waals surface area contributed by atoms with E-state index < -0.39 is 33.6 Å². The molecule has 1 fully saturated rings. The van der Waals surface area contributed by atoms with Crippen LogP contribution in [0.3, 0.4) is 0 Å². The van der Waals surface area contributed by atoms with Gasteiger partial charge in [-0.25, -0.2) is 17.1 Å². The molecular formula is C17H15FN2O4S. The highest BCUT2D eigenvalue weighted by Crippen LogP contribution is 2.28. The summed E-state index contributed by atoms with van der Waals surface area (Å²) in [6.45, 7) is 1.56. The van der Waals surface area contributed by atoms with Crippen LogP contribution in [0, 0.1) is 11.7 Å². The van der Waals surface area contributed by atoms with Gasteiger partial charge < -0.3 is 5.32 Å². The number of hydrogen-bond acceptors (Lipinski definition) is 4. The Morgan fingerprint density at radius 2 is 1.88 bits per heavy atom. The van der Waals surface area contributed by atoms with Gasteiger partial charge in [0.05, 0.1) is 17.4 Å². The number of hydrogen-bond donors (Lipinski definition) is 1. The Morgan fingerprint density at radius 3 is 2.44 bits per heavy atom. The maximum atomic E-state index is 13.1. The van der Waals surface area contributed by atoms with E-state index >= 15 is 0 Å². The summed E-state index contributed by atoms with van der Waals surface area (Å²) in [6.07, 6.45) is 0. The lowest BCUT2D eigenvalue weighted by Crippen LogP contribution is -2.30. The molecule has 1 aliphatic heterocycles. The first-order valence-corrected chi connectivity index (χ1v) is 9.13. The largest absolute Gasteiger partial charge is 0.322 e. The van der Waals surface area contributed by atoms with Gasteiger partial charge in [0.15, 0.2) is 0 Å². The van der Waals surface area contributed by atoms with Crippen LogP contribution in [0.15, 0.2) is 48.5 Å². The van der Waals surface area contributed by atoms with Gasteiger partial charge in [-0.1, -0.05) is 13.0 Å². The van der Waals surface area contributed by atoms with Crippen molar-refractivity contribution in [1.29, 1.82) is 0 Å². The molecule has 0 saturated carbocycles. The summed E-state index contributed by atoms with van der Waals surface area (Å²) in [5.41, 5.74) is 0.752. The van der Waals surface area contributed by atoms with Gasteiger partial charge in [0.1, 0.15) is 5.82 Å². The van der Waals surface area contributed by atoms with E-state index in [0.29, 0.717) is 5.69 Å². The predicted molar refractivity (Wildman–Crippen MR) is 91.2 cm³/mol. The number of amides is 2. The van der Waals surface area contributed by atoms with E-state index in [9.17, 15) is 22.4 Å². The number of carbonyl (C=O) groups excluding carboxylic acids is 2. The van der Waals surface area contributed by atoms with E-state index in [-0.39, 0.29) is 17.0 Å². The molecular weight excluding hydrogens is 347 g/mol. The molecule has 1 atom stereocenters. The first kappa shape index (κ1) is 17.1. The average Bonchev–Trinajstić information content (AvgIpc) is 2.75. The molecule has 2 aromatic carbocycles. The molecule has 0 aromatic heterocycles. The first-order chi connectivity index (χ1) is 11.8. The number of nitrogens with zero attached hydrogens (tertiary/aromatic N) is 1. The molecule has 2 aromatic rings. The first-order valence-electron chi connectivity index (χ1n) is 7.52. The Bertz CT molecular complexity index is 941. The summed E-state index contributed by atoms with van der Waals surface area (Å²) in [5.74, 6) is -2.26. The summed E-state index contributed by atoms with van der Waals surface area (Å²) < 4.78 is 38.0. The minimum atomic E-state index is -3.68. The van der Waals surface area contributed by atoms with Crippen molar-refractivity contribution in [2.75, 3.05) is 15.4 Å². The highest BCUT2D eigenvalue weighted by atomic mass is 32.2. The van der Waals surface area contributed by atoms with Crippen LogP contribution in [-0.2, 0) is 14.8 Å². The number of anilines is 2. The quantitative estimate of drug-likeness (QED) is 0.909. The molecule has 130 valence electrons. The van der Waals surface area contributed by atoms with Gasteiger partial charge in [-0.2, -0.15) is 0 Å². The fraction of sp³-hybridized carbons (Fsp3) is 0.176. The highest BCUT2D eigenvalue weighted by molar-refractivity contribution is 7.94. The molecule has 25 heavy (non-hydrogen) atoms. The fourth-order valence-electron chi connectivity index (χ4n) is 2.60. The standard InChI is InChI=1S/C17H15FN2O4S/c1-11-10-25(23,24)20(17(11)22)15-7-5-12(6-8-15)16(21)19-14-4-2-3-13(18)9-14/h2-9,11H,10H2,1H3,(H,19,21). The number of nitrogens with one attached hydrogen (secondary N) is 1. The second-order valence-corrected chi connectivity index (χ2v) is 7.66. The molecule has 1 saturated heterocycles. The molecule has 6 nitrogen and oxygen atoms in total. The van der Waals surface area contributed by atoms with Crippen molar-refractivity contribution in [1.82, 2.24) is 0 Å². The van der Waals surface area contributed by atoms with Crippen molar-refractivity contribution in [3.05, 3.63) is 59.9 Å². The van der Waals surface area contributed by atoms with E-state index in [2.05, 4.69) is 5.32 Å². The van der Waals surface area contributed by atoms with E-state index in [0.717, 1.165) is 4.31 Å². The number of sulfonamides is 1. The highest BCUT2D eigenvalue weighted by Gasteiger charge is 2.41. The molecule has 0 radical (unpaired) electrons. The van der Waals surface area contributed by atoms with Crippen LogP contribution in [0.2, 0.25) is 0 Å². The van der Waals surface area contributed by atoms with E-state index in [1.165, 1.54) is 42.5 Å². The maximum Gasteiger partial charge on any atom is 0.255 e. The smallest absolute Gasteiger partial charge is 0.255 e. The zero-order valence-corrected chi connectivity index (χ0v) is 14.1. The van der Waals surface area contributed by atoms with Crippen LogP contribution < -0.4 is 9.62 Å². The Kier molecular flexibility index (Phi) is 4.30. The minimum absolute atomic E-state index is 0.191. The molecule has 3 rings (SSSR count). The Hall–Kier alpha value is -2.74. The zero-order valence-electron chi connectivity index (χ0n) is 13.3. The van der Waals surface area contributed by atoms with Gasteiger partial charge in [-0.15, -0.1) is 0 Å². The lowest BCUT2D eigenvalue weighted by molar-refractivity contribution is -0.119. The Labute approximate surface area is 144 Å². The van der Waals surface area contributed by atoms with Crippen molar-refractivity contribution in [3.63, 3.8) is 0 Å². The second kappa shape index (κ2) is 6.29. The molecule has 2 amide bonds. The van der Waals surface area contributed by atoms with Crippen LogP contribution >= 0.6 is 0 Å². The predicted octanol–water partition coefficient (Wildman–Crippen LogP) is 2.39. The van der Waals surface area contributed by atoms with Crippen molar-refractivity contribution in [2.45, 2.75) is 6.92 Å². The van der Waals surface area contributed by atoms with Crippen LogP contribution in [0.5, 0.6) is 0 Å². The average molecular weight is 362 g/mol. The van der Waals surface area contributed by atoms with Gasteiger partial charge >= 0.3 is 0 Å². The van der Waals surface area contributed by atoms with E-state index in [1.807, 2.05) is 0 Å². The molecule has 1 N–H and O–H groups in total. The third-order valence-corrected chi connectivity index (χ3v) is 5.68.